The largest absolute Gasteiger partial charge is 0.497 e. The molecule has 0 saturated carbocycles. The van der Waals surface area contributed by atoms with E-state index in [9.17, 15) is 4.79 Å². The van der Waals surface area contributed by atoms with Crippen molar-refractivity contribution in [3.63, 3.8) is 0 Å². The number of benzene rings is 2. The Bertz CT molecular complexity index is 905. The molecule has 1 N–H and O–H groups in total. The van der Waals surface area contributed by atoms with Gasteiger partial charge in [0.05, 0.1) is 29.8 Å². The minimum Gasteiger partial charge on any atom is -0.497 e. The SMILES string of the molecule is COc1cccc(NC(=O)Cc2nc(-c3ccccc3Cl)oc2C)c1. The number of oxazole rings is 1. The van der Waals surface area contributed by atoms with E-state index in [4.69, 9.17) is 20.8 Å². The monoisotopic (exact) mass is 356 g/mol. The van der Waals surface area contributed by atoms with Gasteiger partial charge in [-0.2, -0.15) is 0 Å². The number of halogens is 1. The maximum atomic E-state index is 12.3. The van der Waals surface area contributed by atoms with E-state index in [1.807, 2.05) is 30.3 Å². The fourth-order valence-electron chi connectivity index (χ4n) is 2.40. The third-order valence-corrected chi connectivity index (χ3v) is 4.01. The predicted molar refractivity (Wildman–Crippen MR) is 97.0 cm³/mol. The van der Waals surface area contributed by atoms with Crippen LogP contribution in [0.4, 0.5) is 5.69 Å². The Balaban J connectivity index is 1.74. The van der Waals surface area contributed by atoms with Crippen molar-refractivity contribution in [2.75, 3.05) is 12.4 Å². The molecule has 1 heterocycles. The quantitative estimate of drug-likeness (QED) is 0.731. The lowest BCUT2D eigenvalue weighted by Crippen LogP contribution is -2.15. The Labute approximate surface area is 150 Å². The number of amides is 1. The first kappa shape index (κ1) is 17.0. The summed E-state index contributed by atoms with van der Waals surface area (Å²) in [6.07, 6.45) is 0.108. The molecule has 0 spiro atoms. The summed E-state index contributed by atoms with van der Waals surface area (Å²) < 4.78 is 10.8. The minimum atomic E-state index is -0.185. The summed E-state index contributed by atoms with van der Waals surface area (Å²) in [5.74, 6) is 1.50. The molecule has 0 atom stereocenters. The third kappa shape index (κ3) is 4.00. The number of nitrogens with one attached hydrogen (secondary N) is 1. The van der Waals surface area contributed by atoms with Crippen molar-refractivity contribution < 1.29 is 13.9 Å². The van der Waals surface area contributed by atoms with Crippen molar-refractivity contribution in [2.24, 2.45) is 0 Å². The van der Waals surface area contributed by atoms with Crippen molar-refractivity contribution in [1.29, 1.82) is 0 Å². The Morgan fingerprint density at radius 3 is 2.80 bits per heavy atom. The van der Waals surface area contributed by atoms with Gasteiger partial charge >= 0.3 is 0 Å². The van der Waals surface area contributed by atoms with Crippen LogP contribution in [0.3, 0.4) is 0 Å². The summed E-state index contributed by atoms with van der Waals surface area (Å²) in [6, 6.07) is 14.5. The highest BCUT2D eigenvalue weighted by molar-refractivity contribution is 6.33. The molecule has 25 heavy (non-hydrogen) atoms. The van der Waals surface area contributed by atoms with Crippen molar-refractivity contribution in [3.8, 4) is 17.2 Å². The highest BCUT2D eigenvalue weighted by atomic mass is 35.5. The smallest absolute Gasteiger partial charge is 0.230 e. The number of aromatic nitrogens is 1. The zero-order valence-electron chi connectivity index (χ0n) is 13.9. The molecule has 0 bridgehead atoms. The fraction of sp³-hybridized carbons (Fsp3) is 0.158. The van der Waals surface area contributed by atoms with E-state index in [1.165, 1.54) is 0 Å². The van der Waals surface area contributed by atoms with Crippen molar-refractivity contribution in [1.82, 2.24) is 4.98 Å². The Hall–Kier alpha value is -2.79. The van der Waals surface area contributed by atoms with Gasteiger partial charge in [0.1, 0.15) is 11.5 Å². The summed E-state index contributed by atoms with van der Waals surface area (Å²) in [7, 11) is 1.58. The molecule has 0 fully saturated rings. The number of anilines is 1. The maximum absolute atomic E-state index is 12.3. The van der Waals surface area contributed by atoms with Gasteiger partial charge in [0.2, 0.25) is 11.8 Å². The number of nitrogens with zero attached hydrogens (tertiary/aromatic N) is 1. The van der Waals surface area contributed by atoms with Crippen LogP contribution in [0.5, 0.6) is 5.75 Å². The van der Waals surface area contributed by atoms with Crippen LogP contribution in [0.2, 0.25) is 5.02 Å². The van der Waals surface area contributed by atoms with E-state index < -0.39 is 0 Å². The minimum absolute atomic E-state index is 0.108. The maximum Gasteiger partial charge on any atom is 0.230 e. The van der Waals surface area contributed by atoms with Crippen LogP contribution < -0.4 is 10.1 Å². The summed E-state index contributed by atoms with van der Waals surface area (Å²) in [5.41, 5.74) is 1.94. The van der Waals surface area contributed by atoms with E-state index in [-0.39, 0.29) is 12.3 Å². The number of aryl methyl sites for hydroxylation is 1. The molecule has 0 aliphatic rings. The number of hydrogen-bond donors (Lipinski definition) is 1. The van der Waals surface area contributed by atoms with Gasteiger partial charge in [0.15, 0.2) is 0 Å². The molecule has 2 aromatic carbocycles. The molecule has 0 unspecified atom stereocenters. The summed E-state index contributed by atoms with van der Waals surface area (Å²) in [5, 5.41) is 3.38. The lowest BCUT2D eigenvalue weighted by molar-refractivity contribution is -0.115. The molecule has 0 aliphatic carbocycles. The topological polar surface area (TPSA) is 64.4 Å². The zero-order valence-corrected chi connectivity index (χ0v) is 14.6. The normalized spacial score (nSPS) is 10.5. The Kier molecular flexibility index (Phi) is 5.05. The van der Waals surface area contributed by atoms with Crippen molar-refractivity contribution >= 4 is 23.2 Å². The first-order chi connectivity index (χ1) is 12.1. The van der Waals surface area contributed by atoms with Crippen LogP contribution in [0.15, 0.2) is 52.9 Å². The second kappa shape index (κ2) is 7.40. The van der Waals surface area contributed by atoms with Gasteiger partial charge in [0, 0.05) is 11.8 Å². The Morgan fingerprint density at radius 2 is 2.04 bits per heavy atom. The molecule has 0 saturated heterocycles. The van der Waals surface area contributed by atoms with Crippen molar-refractivity contribution in [2.45, 2.75) is 13.3 Å². The highest BCUT2D eigenvalue weighted by Gasteiger charge is 2.16. The number of ether oxygens (including phenoxy) is 1. The average molecular weight is 357 g/mol. The van der Waals surface area contributed by atoms with Gasteiger partial charge < -0.3 is 14.5 Å². The van der Waals surface area contributed by atoms with Crippen molar-refractivity contribution in [3.05, 3.63) is 65.0 Å². The van der Waals surface area contributed by atoms with Crippen LogP contribution in [-0.4, -0.2) is 18.0 Å². The average Bonchev–Trinajstić information content (AvgIpc) is 2.95. The van der Waals surface area contributed by atoms with E-state index in [0.29, 0.717) is 39.4 Å². The molecule has 1 amide bonds. The van der Waals surface area contributed by atoms with E-state index in [2.05, 4.69) is 10.3 Å². The summed E-state index contributed by atoms with van der Waals surface area (Å²) in [4.78, 5) is 16.7. The molecule has 0 radical (unpaired) electrons. The molecule has 6 heteroatoms. The second-order valence-corrected chi connectivity index (χ2v) is 5.87. The highest BCUT2D eigenvalue weighted by Crippen LogP contribution is 2.28. The molecule has 128 valence electrons. The van der Waals surface area contributed by atoms with Gasteiger partial charge in [0.25, 0.3) is 0 Å². The molecule has 0 aliphatic heterocycles. The van der Waals surface area contributed by atoms with Crippen LogP contribution in [0, 0.1) is 6.92 Å². The van der Waals surface area contributed by atoms with Gasteiger partial charge in [-0.1, -0.05) is 29.8 Å². The van der Waals surface area contributed by atoms with E-state index >= 15 is 0 Å². The van der Waals surface area contributed by atoms with Gasteiger partial charge in [-0.3, -0.25) is 4.79 Å². The summed E-state index contributed by atoms with van der Waals surface area (Å²) in [6.45, 7) is 1.78. The molecule has 3 aromatic rings. The lowest BCUT2D eigenvalue weighted by atomic mass is 10.2. The summed E-state index contributed by atoms with van der Waals surface area (Å²) >= 11 is 6.17. The number of hydrogen-bond acceptors (Lipinski definition) is 4. The molecule has 1 aromatic heterocycles. The molecule has 3 rings (SSSR count). The van der Waals surface area contributed by atoms with Gasteiger partial charge in [-0.15, -0.1) is 0 Å². The van der Waals surface area contributed by atoms with Crippen LogP contribution in [-0.2, 0) is 11.2 Å². The molecular formula is C19H17ClN2O3. The lowest BCUT2D eigenvalue weighted by Gasteiger charge is -2.06. The van der Waals surface area contributed by atoms with Crippen LogP contribution in [0.1, 0.15) is 11.5 Å². The van der Waals surface area contributed by atoms with E-state index in [1.54, 1.807) is 32.2 Å². The van der Waals surface area contributed by atoms with Crippen LogP contribution >= 0.6 is 11.6 Å². The molecular weight excluding hydrogens is 340 g/mol. The van der Waals surface area contributed by atoms with Gasteiger partial charge in [-0.25, -0.2) is 4.98 Å². The van der Waals surface area contributed by atoms with Gasteiger partial charge in [-0.05, 0) is 31.2 Å². The standard InChI is InChI=1S/C19H17ClN2O3/c1-12-17(22-19(25-12)15-8-3-4-9-16(15)20)11-18(23)21-13-6-5-7-14(10-13)24-2/h3-10H,11H2,1-2H3,(H,21,23). The first-order valence-electron chi connectivity index (χ1n) is 7.72. The number of rotatable bonds is 5. The van der Waals surface area contributed by atoms with E-state index in [0.717, 1.165) is 0 Å². The number of carbonyl (C=O) groups is 1. The second-order valence-electron chi connectivity index (χ2n) is 5.46. The fourth-order valence-corrected chi connectivity index (χ4v) is 2.62. The zero-order chi connectivity index (χ0) is 17.8. The Morgan fingerprint density at radius 1 is 1.24 bits per heavy atom. The number of methoxy groups -OCH3 is 1. The predicted octanol–water partition coefficient (Wildman–Crippen LogP) is 4.49. The van der Waals surface area contributed by atoms with Crippen LogP contribution in [0.25, 0.3) is 11.5 Å². The first-order valence-corrected chi connectivity index (χ1v) is 8.09. The number of carbonyl (C=O) groups excluding carboxylic acids is 1. The molecule has 5 nitrogen and oxygen atoms in total. The third-order valence-electron chi connectivity index (χ3n) is 3.68.